The molecule has 1 saturated carbocycles. The number of benzene rings is 2. The molecule has 188 valence electrons. The second-order valence-corrected chi connectivity index (χ2v) is 11.0. The number of anilines is 1. The summed E-state index contributed by atoms with van der Waals surface area (Å²) in [6.45, 7) is 0.975. The first-order valence-corrected chi connectivity index (χ1v) is 13.0. The first-order chi connectivity index (χ1) is 16.6. The lowest BCUT2D eigenvalue weighted by Crippen LogP contribution is -2.39. The maximum atomic E-state index is 16.0. The van der Waals surface area contributed by atoms with Gasteiger partial charge in [-0.15, -0.1) is 0 Å². The Labute approximate surface area is 202 Å². The molecule has 3 aliphatic rings. The van der Waals surface area contributed by atoms with Crippen LogP contribution < -0.4 is 13.8 Å². The first-order valence-electron chi connectivity index (χ1n) is 11.6. The summed E-state index contributed by atoms with van der Waals surface area (Å²) in [5, 5.41) is 0. The lowest BCUT2D eigenvalue weighted by molar-refractivity contribution is -0.117. The number of hydrogen-bond donors (Lipinski definition) is 1. The van der Waals surface area contributed by atoms with E-state index in [9.17, 15) is 22.0 Å². The number of carbonyl (C=O) groups is 1. The number of nitrogens with one attached hydrogen (secondary N) is 1. The van der Waals surface area contributed by atoms with Crippen LogP contribution in [0.1, 0.15) is 36.0 Å². The van der Waals surface area contributed by atoms with Crippen molar-refractivity contribution in [1.82, 2.24) is 9.62 Å². The van der Waals surface area contributed by atoms with Crippen molar-refractivity contribution in [2.45, 2.75) is 44.8 Å². The second-order valence-electron chi connectivity index (χ2n) is 9.43. The highest BCUT2D eigenvalue weighted by atomic mass is 32.2. The van der Waals surface area contributed by atoms with E-state index in [1.165, 1.54) is 0 Å². The molecule has 2 aliphatic heterocycles. The van der Waals surface area contributed by atoms with E-state index in [2.05, 4.69) is 0 Å². The summed E-state index contributed by atoms with van der Waals surface area (Å²) in [6.07, 6.45) is 0.910. The molecule has 2 fully saturated rings. The second kappa shape index (κ2) is 9.02. The number of halogens is 3. The lowest BCUT2D eigenvalue weighted by atomic mass is 9.79. The monoisotopic (exact) mass is 509 g/mol. The van der Waals surface area contributed by atoms with Gasteiger partial charge in [0.25, 0.3) is 5.91 Å². The molecule has 1 saturated heterocycles. The lowest BCUT2D eigenvalue weighted by Gasteiger charge is -2.37. The first kappa shape index (κ1) is 23.9. The van der Waals surface area contributed by atoms with E-state index >= 15 is 4.39 Å². The SMILES string of the molecule is O=C1CN(c2c(OCc3ccccc3)cc3c(c2F)CN(CCC2CC(F)(F)C2)CC3)S(=O)(=O)N1. The van der Waals surface area contributed by atoms with Gasteiger partial charge in [0.15, 0.2) is 5.82 Å². The Hall–Kier alpha value is -2.79. The topological polar surface area (TPSA) is 79.0 Å². The number of ether oxygens (including phenoxy) is 1. The van der Waals surface area contributed by atoms with Gasteiger partial charge in [-0.2, -0.15) is 8.42 Å². The van der Waals surface area contributed by atoms with Crippen molar-refractivity contribution in [3.8, 4) is 5.75 Å². The van der Waals surface area contributed by atoms with Gasteiger partial charge in [0.05, 0.1) is 0 Å². The minimum Gasteiger partial charge on any atom is -0.487 e. The average molecular weight is 510 g/mol. The van der Waals surface area contributed by atoms with Crippen molar-refractivity contribution in [3.05, 3.63) is 58.9 Å². The molecule has 1 amide bonds. The van der Waals surface area contributed by atoms with Gasteiger partial charge in [0.2, 0.25) is 5.92 Å². The molecule has 7 nitrogen and oxygen atoms in total. The molecule has 2 aromatic carbocycles. The summed E-state index contributed by atoms with van der Waals surface area (Å²) in [6, 6.07) is 10.8. The standard InChI is InChI=1S/C24H26F3N3O4S/c25-22-19-13-29(8-6-17-11-24(26,27)12-17)9-7-18(19)10-20(34-15-16-4-2-1-3-5-16)23(22)30-14-21(31)28-35(30,32)33/h1-5,10,17H,6-9,11-15H2,(H,28,31). The fourth-order valence-electron chi connectivity index (χ4n) is 4.95. The third-order valence-corrected chi connectivity index (χ3v) is 8.19. The molecule has 0 radical (unpaired) electrons. The Morgan fingerprint density at radius 1 is 1.14 bits per heavy atom. The fraction of sp³-hybridized carbons (Fsp3) is 0.458. The van der Waals surface area contributed by atoms with Gasteiger partial charge < -0.3 is 4.74 Å². The largest absolute Gasteiger partial charge is 0.487 e. The molecule has 0 bridgehead atoms. The third-order valence-electron chi connectivity index (χ3n) is 6.81. The molecule has 2 aromatic rings. The Morgan fingerprint density at radius 3 is 2.54 bits per heavy atom. The summed E-state index contributed by atoms with van der Waals surface area (Å²) in [4.78, 5) is 13.9. The van der Waals surface area contributed by atoms with E-state index in [-0.39, 0.29) is 43.3 Å². The predicted octanol–water partition coefficient (Wildman–Crippen LogP) is 3.38. The molecule has 2 heterocycles. The molecule has 5 rings (SSSR count). The number of carbonyl (C=O) groups excluding carboxylic acids is 1. The van der Waals surface area contributed by atoms with E-state index in [0.717, 1.165) is 5.56 Å². The molecule has 1 aliphatic carbocycles. The van der Waals surface area contributed by atoms with Crippen molar-refractivity contribution in [1.29, 1.82) is 0 Å². The fourth-order valence-corrected chi connectivity index (χ4v) is 6.11. The van der Waals surface area contributed by atoms with E-state index < -0.39 is 34.4 Å². The van der Waals surface area contributed by atoms with Gasteiger partial charge in [-0.1, -0.05) is 30.3 Å². The van der Waals surface area contributed by atoms with Gasteiger partial charge in [-0.05, 0) is 42.5 Å². The molecule has 11 heteroatoms. The Balaban J connectivity index is 1.41. The van der Waals surface area contributed by atoms with Crippen LogP contribution in [-0.4, -0.2) is 44.8 Å². The van der Waals surface area contributed by atoms with Gasteiger partial charge in [-0.3, -0.25) is 9.69 Å². The van der Waals surface area contributed by atoms with Crippen LogP contribution in [0.25, 0.3) is 0 Å². The molecule has 0 spiro atoms. The molecule has 0 atom stereocenters. The van der Waals surface area contributed by atoms with Crippen molar-refractivity contribution in [2.75, 3.05) is 23.9 Å². The van der Waals surface area contributed by atoms with Crippen LogP contribution in [0.3, 0.4) is 0 Å². The van der Waals surface area contributed by atoms with Crippen molar-refractivity contribution in [2.24, 2.45) is 5.92 Å². The van der Waals surface area contributed by atoms with Crippen LogP contribution in [0, 0.1) is 11.7 Å². The number of nitrogens with zero attached hydrogens (tertiary/aromatic N) is 2. The summed E-state index contributed by atoms with van der Waals surface area (Å²) >= 11 is 0. The zero-order chi connectivity index (χ0) is 24.8. The van der Waals surface area contributed by atoms with Gasteiger partial charge in [0, 0.05) is 31.5 Å². The quantitative estimate of drug-likeness (QED) is 0.619. The maximum absolute atomic E-state index is 16.0. The number of alkyl halides is 2. The summed E-state index contributed by atoms with van der Waals surface area (Å²) in [7, 11) is -4.26. The van der Waals surface area contributed by atoms with Crippen molar-refractivity contribution >= 4 is 21.8 Å². The molecule has 35 heavy (non-hydrogen) atoms. The number of hydrogen-bond acceptors (Lipinski definition) is 5. The maximum Gasteiger partial charge on any atom is 0.326 e. The molecule has 1 N–H and O–H groups in total. The van der Waals surface area contributed by atoms with Gasteiger partial charge >= 0.3 is 10.2 Å². The summed E-state index contributed by atoms with van der Waals surface area (Å²) in [5.41, 5.74) is 1.57. The smallest absolute Gasteiger partial charge is 0.326 e. The Kier molecular flexibility index (Phi) is 6.16. The predicted molar refractivity (Wildman–Crippen MR) is 123 cm³/mol. The zero-order valence-corrected chi connectivity index (χ0v) is 19.8. The number of amides is 1. The minimum absolute atomic E-state index is 0.0348. The molecule has 0 unspecified atom stereocenters. The number of fused-ring (bicyclic) bond motifs is 1. The van der Waals surface area contributed by atoms with Crippen LogP contribution >= 0.6 is 0 Å². The van der Waals surface area contributed by atoms with Gasteiger partial charge in [-0.25, -0.2) is 22.2 Å². The zero-order valence-electron chi connectivity index (χ0n) is 19.0. The van der Waals surface area contributed by atoms with E-state index in [0.29, 0.717) is 41.4 Å². The van der Waals surface area contributed by atoms with E-state index in [1.54, 1.807) is 6.07 Å². The van der Waals surface area contributed by atoms with Gasteiger partial charge in [0.1, 0.15) is 24.6 Å². The minimum atomic E-state index is -4.26. The molecular weight excluding hydrogens is 483 g/mol. The third kappa shape index (κ3) is 4.97. The highest BCUT2D eigenvalue weighted by molar-refractivity contribution is 7.92. The molecular formula is C24H26F3N3O4S. The van der Waals surface area contributed by atoms with Crippen LogP contribution in [0.15, 0.2) is 36.4 Å². The van der Waals surface area contributed by atoms with E-state index in [1.807, 2.05) is 40.0 Å². The Bertz CT molecular complexity index is 1230. The summed E-state index contributed by atoms with van der Waals surface area (Å²) < 4.78 is 75.8. The summed E-state index contributed by atoms with van der Waals surface area (Å²) in [5.74, 6) is -4.05. The normalized spacial score (nSPS) is 21.3. The van der Waals surface area contributed by atoms with Crippen LogP contribution in [0.4, 0.5) is 18.9 Å². The Morgan fingerprint density at radius 2 is 1.89 bits per heavy atom. The molecule has 0 aromatic heterocycles. The van der Waals surface area contributed by atoms with Crippen LogP contribution in [0.5, 0.6) is 5.75 Å². The van der Waals surface area contributed by atoms with Crippen molar-refractivity contribution < 1.29 is 31.1 Å². The highest BCUT2D eigenvalue weighted by Gasteiger charge is 2.45. The number of rotatable bonds is 7. The van der Waals surface area contributed by atoms with E-state index in [4.69, 9.17) is 4.74 Å². The average Bonchev–Trinajstić information content (AvgIpc) is 3.07. The van der Waals surface area contributed by atoms with Crippen LogP contribution in [0.2, 0.25) is 0 Å². The highest BCUT2D eigenvalue weighted by Crippen LogP contribution is 2.44. The van der Waals surface area contributed by atoms with Crippen molar-refractivity contribution in [3.63, 3.8) is 0 Å². The van der Waals surface area contributed by atoms with Crippen LogP contribution in [-0.2, 0) is 34.6 Å².